The number of nitrogens with zero attached hydrogens (tertiary/aromatic N) is 1. The van der Waals surface area contributed by atoms with Crippen LogP contribution in [0, 0.1) is 13.8 Å². The van der Waals surface area contributed by atoms with E-state index in [2.05, 4.69) is 36.5 Å². The number of carbonyl (C=O) groups is 1. The standard InChI is InChI=1S/C11H15N3O/c1-8-4-3-5-9(2)10(8)6-7-13-14-11(12)15/h3-5,7H,6H2,1-2H3,(H3,12,14,15). The van der Waals surface area contributed by atoms with E-state index in [1.165, 1.54) is 16.7 Å². The van der Waals surface area contributed by atoms with Gasteiger partial charge in [0.1, 0.15) is 0 Å². The van der Waals surface area contributed by atoms with Gasteiger partial charge in [-0.3, -0.25) is 0 Å². The molecule has 0 bridgehead atoms. The number of primary amides is 1. The van der Waals surface area contributed by atoms with Crippen molar-refractivity contribution in [2.24, 2.45) is 10.8 Å². The van der Waals surface area contributed by atoms with E-state index in [1.54, 1.807) is 6.21 Å². The average Bonchev–Trinajstić information content (AvgIpc) is 2.15. The summed E-state index contributed by atoms with van der Waals surface area (Å²) in [5.74, 6) is 0. The molecule has 15 heavy (non-hydrogen) atoms. The van der Waals surface area contributed by atoms with Crippen LogP contribution < -0.4 is 11.2 Å². The van der Waals surface area contributed by atoms with Gasteiger partial charge in [-0.1, -0.05) is 18.2 Å². The third-order valence-corrected chi connectivity index (χ3v) is 2.21. The molecule has 0 spiro atoms. The van der Waals surface area contributed by atoms with Crippen LogP contribution in [0.4, 0.5) is 4.79 Å². The van der Waals surface area contributed by atoms with Gasteiger partial charge in [-0.05, 0) is 30.5 Å². The molecule has 0 atom stereocenters. The first-order chi connectivity index (χ1) is 7.11. The molecule has 0 radical (unpaired) electrons. The van der Waals surface area contributed by atoms with Crippen molar-refractivity contribution >= 4 is 12.2 Å². The van der Waals surface area contributed by atoms with Crippen LogP contribution in [0.1, 0.15) is 16.7 Å². The Hall–Kier alpha value is -1.84. The molecule has 0 aliphatic rings. The maximum absolute atomic E-state index is 10.3. The number of hydrogen-bond donors (Lipinski definition) is 2. The molecule has 0 saturated carbocycles. The highest BCUT2D eigenvalue weighted by atomic mass is 16.2. The van der Waals surface area contributed by atoms with E-state index in [4.69, 9.17) is 5.73 Å². The molecular formula is C11H15N3O. The fourth-order valence-corrected chi connectivity index (χ4v) is 1.42. The average molecular weight is 205 g/mol. The zero-order valence-corrected chi connectivity index (χ0v) is 8.95. The number of amides is 2. The van der Waals surface area contributed by atoms with Crippen LogP contribution in [-0.4, -0.2) is 12.2 Å². The van der Waals surface area contributed by atoms with Crippen molar-refractivity contribution in [1.29, 1.82) is 0 Å². The summed E-state index contributed by atoms with van der Waals surface area (Å²) in [6.45, 7) is 4.11. The van der Waals surface area contributed by atoms with Gasteiger partial charge >= 0.3 is 6.03 Å². The number of rotatable bonds is 3. The third kappa shape index (κ3) is 3.42. The molecule has 0 fully saturated rings. The Labute approximate surface area is 89.2 Å². The first-order valence-corrected chi connectivity index (χ1v) is 4.73. The summed E-state index contributed by atoms with van der Waals surface area (Å²) in [5.41, 5.74) is 10.7. The summed E-state index contributed by atoms with van der Waals surface area (Å²) in [6, 6.07) is 5.48. The van der Waals surface area contributed by atoms with Crippen LogP contribution in [0.2, 0.25) is 0 Å². The lowest BCUT2D eigenvalue weighted by Crippen LogP contribution is -2.24. The molecular weight excluding hydrogens is 190 g/mol. The molecule has 0 saturated heterocycles. The quantitative estimate of drug-likeness (QED) is 0.570. The fourth-order valence-electron chi connectivity index (χ4n) is 1.42. The Balaban J connectivity index is 2.65. The minimum absolute atomic E-state index is 0.646. The van der Waals surface area contributed by atoms with Gasteiger partial charge in [0.05, 0.1) is 0 Å². The number of nitrogens with two attached hydrogens (primary N) is 1. The number of nitrogens with one attached hydrogen (secondary N) is 1. The summed E-state index contributed by atoms with van der Waals surface area (Å²) in [6.07, 6.45) is 2.33. The molecule has 1 aromatic carbocycles. The topological polar surface area (TPSA) is 67.5 Å². The minimum Gasteiger partial charge on any atom is -0.350 e. The lowest BCUT2D eigenvalue weighted by molar-refractivity contribution is 0.249. The van der Waals surface area contributed by atoms with Gasteiger partial charge in [-0.15, -0.1) is 0 Å². The first kappa shape index (κ1) is 11.2. The zero-order chi connectivity index (χ0) is 11.3. The van der Waals surface area contributed by atoms with Crippen LogP contribution in [-0.2, 0) is 6.42 Å². The molecule has 0 aromatic heterocycles. The SMILES string of the molecule is Cc1cccc(C)c1CC=NNC(N)=O. The third-order valence-electron chi connectivity index (χ3n) is 2.21. The van der Waals surface area contributed by atoms with Crippen LogP contribution in [0.25, 0.3) is 0 Å². The normalized spacial score (nSPS) is 10.5. The molecule has 0 aliphatic carbocycles. The first-order valence-electron chi connectivity index (χ1n) is 4.73. The highest BCUT2D eigenvalue weighted by Gasteiger charge is 1.99. The highest BCUT2D eigenvalue weighted by molar-refractivity contribution is 5.73. The van der Waals surface area contributed by atoms with Crippen molar-refractivity contribution in [1.82, 2.24) is 5.43 Å². The Morgan fingerprint density at radius 3 is 2.60 bits per heavy atom. The smallest absolute Gasteiger partial charge is 0.332 e. The lowest BCUT2D eigenvalue weighted by atomic mass is 10.0. The highest BCUT2D eigenvalue weighted by Crippen LogP contribution is 2.12. The second-order valence-corrected chi connectivity index (χ2v) is 3.36. The van der Waals surface area contributed by atoms with Crippen molar-refractivity contribution in [2.45, 2.75) is 20.3 Å². The van der Waals surface area contributed by atoms with Crippen molar-refractivity contribution in [3.05, 3.63) is 34.9 Å². The minimum atomic E-state index is -0.646. The van der Waals surface area contributed by atoms with Gasteiger partial charge in [-0.2, -0.15) is 5.10 Å². The molecule has 4 heteroatoms. The Morgan fingerprint density at radius 1 is 1.47 bits per heavy atom. The Morgan fingerprint density at radius 2 is 2.07 bits per heavy atom. The molecule has 0 unspecified atom stereocenters. The van der Waals surface area contributed by atoms with Gasteiger partial charge in [0.15, 0.2) is 0 Å². The maximum atomic E-state index is 10.3. The monoisotopic (exact) mass is 205 g/mol. The van der Waals surface area contributed by atoms with Crippen LogP contribution in [0.15, 0.2) is 23.3 Å². The van der Waals surface area contributed by atoms with Crippen molar-refractivity contribution in [2.75, 3.05) is 0 Å². The summed E-state index contributed by atoms with van der Waals surface area (Å²) < 4.78 is 0. The molecule has 2 amide bonds. The number of hydrogen-bond acceptors (Lipinski definition) is 2. The molecule has 1 rings (SSSR count). The van der Waals surface area contributed by atoms with E-state index >= 15 is 0 Å². The second-order valence-electron chi connectivity index (χ2n) is 3.36. The van der Waals surface area contributed by atoms with Crippen molar-refractivity contribution in [3.63, 3.8) is 0 Å². The fraction of sp³-hybridized carbons (Fsp3) is 0.273. The van der Waals surface area contributed by atoms with Gasteiger partial charge < -0.3 is 5.73 Å². The van der Waals surface area contributed by atoms with Crippen molar-refractivity contribution in [3.8, 4) is 0 Å². The van der Waals surface area contributed by atoms with E-state index in [0.717, 1.165) is 0 Å². The summed E-state index contributed by atoms with van der Waals surface area (Å²) in [7, 11) is 0. The Bertz CT molecular complexity index is 365. The molecule has 1 aromatic rings. The van der Waals surface area contributed by atoms with E-state index in [0.29, 0.717) is 6.42 Å². The number of benzene rings is 1. The zero-order valence-electron chi connectivity index (χ0n) is 8.95. The van der Waals surface area contributed by atoms with Gasteiger partial charge in [-0.25, -0.2) is 10.2 Å². The summed E-state index contributed by atoms with van der Waals surface area (Å²) >= 11 is 0. The summed E-state index contributed by atoms with van der Waals surface area (Å²) in [4.78, 5) is 10.3. The van der Waals surface area contributed by atoms with E-state index < -0.39 is 6.03 Å². The Kier molecular flexibility index (Phi) is 3.85. The molecule has 3 N–H and O–H groups in total. The molecule has 0 aliphatic heterocycles. The molecule has 0 heterocycles. The second kappa shape index (κ2) is 5.14. The maximum Gasteiger partial charge on any atom is 0.332 e. The summed E-state index contributed by atoms with van der Waals surface area (Å²) in [5, 5.41) is 3.70. The van der Waals surface area contributed by atoms with E-state index in [-0.39, 0.29) is 0 Å². The molecule has 4 nitrogen and oxygen atoms in total. The number of aryl methyl sites for hydroxylation is 2. The van der Waals surface area contributed by atoms with Gasteiger partial charge in [0.25, 0.3) is 0 Å². The van der Waals surface area contributed by atoms with Crippen LogP contribution in [0.3, 0.4) is 0 Å². The number of carbonyl (C=O) groups excluding carboxylic acids is 1. The number of urea groups is 1. The van der Waals surface area contributed by atoms with E-state index in [9.17, 15) is 4.79 Å². The van der Waals surface area contributed by atoms with Gasteiger partial charge in [0, 0.05) is 12.6 Å². The van der Waals surface area contributed by atoms with Crippen molar-refractivity contribution < 1.29 is 4.79 Å². The van der Waals surface area contributed by atoms with Crippen LogP contribution in [0.5, 0.6) is 0 Å². The van der Waals surface area contributed by atoms with Gasteiger partial charge in [0.2, 0.25) is 0 Å². The van der Waals surface area contributed by atoms with Crippen LogP contribution >= 0.6 is 0 Å². The lowest BCUT2D eigenvalue weighted by Gasteiger charge is -2.05. The largest absolute Gasteiger partial charge is 0.350 e. The number of hydrazone groups is 1. The predicted molar refractivity (Wildman–Crippen MR) is 60.8 cm³/mol. The predicted octanol–water partition coefficient (Wildman–Crippen LogP) is 1.50. The van der Waals surface area contributed by atoms with E-state index in [1.807, 2.05) is 6.07 Å². The molecule has 80 valence electrons.